The second-order valence-electron chi connectivity index (χ2n) is 3.39. The van der Waals surface area contributed by atoms with Gasteiger partial charge in [-0.15, -0.1) is 0 Å². The first-order valence-electron chi connectivity index (χ1n) is 4.20. The summed E-state index contributed by atoms with van der Waals surface area (Å²) in [6.45, 7) is 1.54. The van der Waals surface area contributed by atoms with Crippen LogP contribution >= 0.6 is 0 Å². The maximum atomic E-state index is 10.6. The topological polar surface area (TPSA) is 60.8 Å². The minimum absolute atomic E-state index is 0.549. The molecule has 0 saturated carbocycles. The van der Waals surface area contributed by atoms with Crippen molar-refractivity contribution >= 4 is 5.97 Å². The summed E-state index contributed by atoms with van der Waals surface area (Å²) in [5.74, 6) is -1.45. The second kappa shape index (κ2) is 3.87. The molecule has 2 atom stereocenters. The van der Waals surface area contributed by atoms with Crippen LogP contribution in [0.15, 0.2) is 0 Å². The average Bonchev–Trinajstić information content (AvgIpc) is 2.14. The number of rotatable bonds is 1. The van der Waals surface area contributed by atoms with E-state index in [4.69, 9.17) is 5.11 Å². The van der Waals surface area contributed by atoms with Gasteiger partial charge in [0.2, 0.25) is 0 Å². The summed E-state index contributed by atoms with van der Waals surface area (Å²) in [6.07, 6.45) is 0.438. The number of carbonyl (C=O) groups is 1. The fourth-order valence-electron chi connectivity index (χ4n) is 1.51. The predicted molar refractivity (Wildman–Crippen MR) is 43.9 cm³/mol. The fraction of sp³-hybridized carbons (Fsp3) is 0.875. The highest BCUT2D eigenvalue weighted by Crippen LogP contribution is 2.17. The summed E-state index contributed by atoms with van der Waals surface area (Å²) < 4.78 is 0. The van der Waals surface area contributed by atoms with Gasteiger partial charge in [0.05, 0.1) is 12.0 Å². The van der Waals surface area contributed by atoms with E-state index in [0.29, 0.717) is 12.8 Å². The van der Waals surface area contributed by atoms with E-state index in [1.54, 1.807) is 0 Å². The molecule has 0 aliphatic carbocycles. The van der Waals surface area contributed by atoms with E-state index < -0.39 is 18.0 Å². The smallest absolute Gasteiger partial charge is 0.309 e. The van der Waals surface area contributed by atoms with E-state index in [0.717, 1.165) is 13.1 Å². The third kappa shape index (κ3) is 2.19. The van der Waals surface area contributed by atoms with E-state index in [9.17, 15) is 9.90 Å². The van der Waals surface area contributed by atoms with Crippen molar-refractivity contribution in [3.8, 4) is 0 Å². The van der Waals surface area contributed by atoms with Gasteiger partial charge in [0.15, 0.2) is 0 Å². The molecule has 70 valence electrons. The molecule has 2 N–H and O–H groups in total. The van der Waals surface area contributed by atoms with Crippen LogP contribution in [0, 0.1) is 5.92 Å². The van der Waals surface area contributed by atoms with Crippen LogP contribution in [-0.2, 0) is 4.79 Å². The van der Waals surface area contributed by atoms with Gasteiger partial charge in [-0.25, -0.2) is 0 Å². The lowest BCUT2D eigenvalue weighted by Crippen LogP contribution is -2.27. The lowest BCUT2D eigenvalue weighted by atomic mass is 9.98. The maximum absolute atomic E-state index is 10.6. The molecule has 1 aliphatic heterocycles. The Balaban J connectivity index is 2.56. The van der Waals surface area contributed by atoms with Crippen molar-refractivity contribution in [2.75, 3.05) is 20.1 Å². The van der Waals surface area contributed by atoms with E-state index in [2.05, 4.69) is 0 Å². The standard InChI is InChI=1S/C8H15NO3/c1-9-4-2-6(8(11)12)7(10)3-5-9/h6-7,10H,2-5H2,1H3,(H,11,12)/t6-,7-/m0/s1. The number of hydrogen-bond donors (Lipinski definition) is 2. The van der Waals surface area contributed by atoms with Crippen LogP contribution in [0.25, 0.3) is 0 Å². The van der Waals surface area contributed by atoms with Gasteiger partial charge < -0.3 is 15.1 Å². The molecule has 1 heterocycles. The van der Waals surface area contributed by atoms with Crippen LogP contribution in [0.5, 0.6) is 0 Å². The number of carboxylic acids is 1. The van der Waals surface area contributed by atoms with Crippen molar-refractivity contribution < 1.29 is 15.0 Å². The Bertz CT molecular complexity index is 172. The number of nitrogens with zero attached hydrogens (tertiary/aromatic N) is 1. The van der Waals surface area contributed by atoms with Gasteiger partial charge in [0, 0.05) is 6.54 Å². The first-order valence-corrected chi connectivity index (χ1v) is 4.20. The summed E-state index contributed by atoms with van der Waals surface area (Å²) in [5.41, 5.74) is 0. The molecule has 0 aromatic carbocycles. The Labute approximate surface area is 71.8 Å². The Morgan fingerprint density at radius 3 is 2.58 bits per heavy atom. The molecular weight excluding hydrogens is 158 g/mol. The maximum Gasteiger partial charge on any atom is 0.309 e. The van der Waals surface area contributed by atoms with Crippen molar-refractivity contribution in [1.29, 1.82) is 0 Å². The molecular formula is C8H15NO3. The fourth-order valence-corrected chi connectivity index (χ4v) is 1.51. The Morgan fingerprint density at radius 2 is 2.00 bits per heavy atom. The summed E-state index contributed by atoms with van der Waals surface area (Å²) in [5, 5.41) is 18.2. The van der Waals surface area contributed by atoms with Gasteiger partial charge in [0.1, 0.15) is 0 Å². The third-order valence-electron chi connectivity index (χ3n) is 2.41. The van der Waals surface area contributed by atoms with Gasteiger partial charge in [0.25, 0.3) is 0 Å². The second-order valence-corrected chi connectivity index (χ2v) is 3.39. The van der Waals surface area contributed by atoms with Gasteiger partial charge in [-0.1, -0.05) is 0 Å². The van der Waals surface area contributed by atoms with E-state index in [1.807, 2.05) is 11.9 Å². The molecule has 0 spiro atoms. The minimum atomic E-state index is -0.877. The molecule has 0 radical (unpaired) electrons. The Morgan fingerprint density at radius 1 is 1.42 bits per heavy atom. The van der Waals surface area contributed by atoms with Crippen LogP contribution < -0.4 is 0 Å². The Kier molecular flexibility index (Phi) is 3.05. The van der Waals surface area contributed by atoms with Crippen LogP contribution in [0.1, 0.15) is 12.8 Å². The van der Waals surface area contributed by atoms with Crippen molar-refractivity contribution in [1.82, 2.24) is 4.90 Å². The van der Waals surface area contributed by atoms with Gasteiger partial charge in [-0.05, 0) is 26.4 Å². The van der Waals surface area contributed by atoms with Crippen molar-refractivity contribution in [3.05, 3.63) is 0 Å². The van der Waals surface area contributed by atoms with Gasteiger partial charge in [-0.2, -0.15) is 0 Å². The normalized spacial score (nSPS) is 32.8. The summed E-state index contributed by atoms with van der Waals surface area (Å²) in [7, 11) is 1.94. The minimum Gasteiger partial charge on any atom is -0.481 e. The zero-order valence-electron chi connectivity index (χ0n) is 7.23. The van der Waals surface area contributed by atoms with Crippen LogP contribution in [0.4, 0.5) is 0 Å². The lowest BCUT2D eigenvalue weighted by molar-refractivity contribution is -0.145. The van der Waals surface area contributed by atoms with Crippen molar-refractivity contribution in [3.63, 3.8) is 0 Å². The highest BCUT2D eigenvalue weighted by molar-refractivity contribution is 5.70. The van der Waals surface area contributed by atoms with Crippen molar-refractivity contribution in [2.45, 2.75) is 18.9 Å². The van der Waals surface area contributed by atoms with Crippen LogP contribution in [0.2, 0.25) is 0 Å². The molecule has 0 aromatic heterocycles. The quantitative estimate of drug-likeness (QED) is 0.575. The molecule has 12 heavy (non-hydrogen) atoms. The van der Waals surface area contributed by atoms with Crippen LogP contribution in [-0.4, -0.2) is 47.3 Å². The average molecular weight is 173 g/mol. The van der Waals surface area contributed by atoms with Crippen molar-refractivity contribution in [2.24, 2.45) is 5.92 Å². The van der Waals surface area contributed by atoms with Crippen LogP contribution in [0.3, 0.4) is 0 Å². The van der Waals surface area contributed by atoms with Gasteiger partial charge >= 0.3 is 5.97 Å². The highest BCUT2D eigenvalue weighted by atomic mass is 16.4. The summed E-state index contributed by atoms with van der Waals surface area (Å²) in [6, 6.07) is 0. The summed E-state index contributed by atoms with van der Waals surface area (Å²) >= 11 is 0. The molecule has 1 fully saturated rings. The molecule has 0 unspecified atom stereocenters. The van der Waals surface area contributed by atoms with Gasteiger partial charge in [-0.3, -0.25) is 4.79 Å². The number of likely N-dealkylation sites (tertiary alicyclic amines) is 1. The van der Waals surface area contributed by atoms with E-state index in [-0.39, 0.29) is 0 Å². The number of hydrogen-bond acceptors (Lipinski definition) is 3. The Hall–Kier alpha value is -0.610. The SMILES string of the molecule is CN1CC[C@H](C(=O)O)[C@@H](O)CC1. The molecule has 0 amide bonds. The molecule has 1 rings (SSSR count). The third-order valence-corrected chi connectivity index (χ3v) is 2.41. The molecule has 4 heteroatoms. The lowest BCUT2D eigenvalue weighted by Gasteiger charge is -2.13. The highest BCUT2D eigenvalue weighted by Gasteiger charge is 2.28. The molecule has 4 nitrogen and oxygen atoms in total. The zero-order chi connectivity index (χ0) is 9.14. The largest absolute Gasteiger partial charge is 0.481 e. The zero-order valence-corrected chi connectivity index (χ0v) is 7.23. The monoisotopic (exact) mass is 173 g/mol. The first kappa shape index (κ1) is 9.48. The molecule has 1 aliphatic rings. The first-order chi connectivity index (χ1) is 5.61. The number of aliphatic hydroxyl groups is 1. The molecule has 1 saturated heterocycles. The van der Waals surface area contributed by atoms with E-state index in [1.165, 1.54) is 0 Å². The molecule has 0 bridgehead atoms. The number of carboxylic acid groups (broad SMARTS) is 1. The number of aliphatic carboxylic acids is 1. The summed E-state index contributed by atoms with van der Waals surface area (Å²) in [4.78, 5) is 12.7. The van der Waals surface area contributed by atoms with E-state index >= 15 is 0 Å². The number of aliphatic hydroxyl groups excluding tert-OH is 1. The predicted octanol–water partition coefficient (Wildman–Crippen LogP) is -0.226. The molecule has 0 aromatic rings.